The molecule has 0 spiro atoms. The Kier molecular flexibility index (Phi) is 6.86. The molecule has 5 heteroatoms. The predicted molar refractivity (Wildman–Crippen MR) is 82.9 cm³/mol. The molecule has 1 saturated heterocycles. The van der Waals surface area contributed by atoms with Crippen LogP contribution in [0.3, 0.4) is 0 Å². The molecule has 1 rings (SSSR count). The van der Waals surface area contributed by atoms with E-state index < -0.39 is 5.97 Å². The first-order chi connectivity index (χ1) is 9.30. The van der Waals surface area contributed by atoms with Crippen molar-refractivity contribution in [2.45, 2.75) is 58.1 Å². The second-order valence-corrected chi connectivity index (χ2v) is 7.89. The quantitative estimate of drug-likeness (QED) is 0.759. The average Bonchev–Trinajstić information content (AvgIpc) is 2.84. The molecule has 0 saturated carbocycles. The van der Waals surface area contributed by atoms with Crippen molar-refractivity contribution >= 4 is 23.6 Å². The number of hydrogen-bond donors (Lipinski definition) is 2. The first-order valence-electron chi connectivity index (χ1n) is 7.42. The zero-order valence-corrected chi connectivity index (χ0v) is 13.6. The third kappa shape index (κ3) is 6.16. The molecule has 4 nitrogen and oxygen atoms in total. The van der Waals surface area contributed by atoms with E-state index in [2.05, 4.69) is 26.1 Å². The van der Waals surface area contributed by atoms with Gasteiger partial charge < -0.3 is 10.4 Å². The summed E-state index contributed by atoms with van der Waals surface area (Å²) in [6, 6.07) is 0. The minimum absolute atomic E-state index is 0.0717. The van der Waals surface area contributed by atoms with Gasteiger partial charge in [-0.25, -0.2) is 0 Å². The van der Waals surface area contributed by atoms with Gasteiger partial charge in [-0.3, -0.25) is 9.59 Å². The van der Waals surface area contributed by atoms with Gasteiger partial charge in [0.25, 0.3) is 0 Å². The summed E-state index contributed by atoms with van der Waals surface area (Å²) in [5.74, 6) is 0.806. The van der Waals surface area contributed by atoms with Crippen LogP contribution in [0.1, 0.15) is 52.9 Å². The van der Waals surface area contributed by atoms with Crippen LogP contribution < -0.4 is 5.32 Å². The topological polar surface area (TPSA) is 66.4 Å². The van der Waals surface area contributed by atoms with Crippen molar-refractivity contribution < 1.29 is 14.7 Å². The lowest BCUT2D eigenvalue weighted by atomic mass is 9.76. The van der Waals surface area contributed by atoms with E-state index in [0.29, 0.717) is 18.9 Å². The molecular formula is C15H27NO3S. The van der Waals surface area contributed by atoms with Crippen molar-refractivity contribution in [1.29, 1.82) is 0 Å². The van der Waals surface area contributed by atoms with E-state index in [1.165, 1.54) is 0 Å². The van der Waals surface area contributed by atoms with Crippen LogP contribution in [-0.2, 0) is 9.59 Å². The highest BCUT2D eigenvalue weighted by Crippen LogP contribution is 2.32. The Bertz CT molecular complexity index is 333. The minimum Gasteiger partial charge on any atom is -0.481 e. The SMILES string of the molecule is CC(C)(C)C(CCNC(=O)C1CCCS1)CCC(=O)O. The van der Waals surface area contributed by atoms with Crippen molar-refractivity contribution in [2.24, 2.45) is 11.3 Å². The van der Waals surface area contributed by atoms with E-state index in [-0.39, 0.29) is 23.0 Å². The predicted octanol–water partition coefficient (Wildman–Crippen LogP) is 2.92. The van der Waals surface area contributed by atoms with Crippen molar-refractivity contribution in [1.82, 2.24) is 5.32 Å². The molecule has 0 bridgehead atoms. The molecule has 0 aliphatic carbocycles. The molecule has 1 amide bonds. The number of carbonyl (C=O) groups is 2. The van der Waals surface area contributed by atoms with Gasteiger partial charge in [0.2, 0.25) is 5.91 Å². The van der Waals surface area contributed by atoms with Crippen molar-refractivity contribution in [2.75, 3.05) is 12.3 Å². The van der Waals surface area contributed by atoms with Crippen molar-refractivity contribution in [3.8, 4) is 0 Å². The second kappa shape index (κ2) is 7.91. The molecule has 0 aromatic heterocycles. The Morgan fingerprint density at radius 1 is 1.35 bits per heavy atom. The van der Waals surface area contributed by atoms with E-state index >= 15 is 0 Å². The standard InChI is InChI=1S/C15H27NO3S/c1-15(2,3)11(6-7-13(17)18)8-9-16-14(19)12-5-4-10-20-12/h11-12H,4-10H2,1-3H3,(H,16,19)(H,17,18). The largest absolute Gasteiger partial charge is 0.481 e. The van der Waals surface area contributed by atoms with E-state index in [9.17, 15) is 9.59 Å². The number of rotatable bonds is 7. The summed E-state index contributed by atoms with van der Waals surface area (Å²) < 4.78 is 0. The van der Waals surface area contributed by atoms with E-state index in [0.717, 1.165) is 25.0 Å². The molecule has 2 unspecified atom stereocenters. The number of thioether (sulfide) groups is 1. The summed E-state index contributed by atoms with van der Waals surface area (Å²) in [5, 5.41) is 11.9. The average molecular weight is 301 g/mol. The highest BCUT2D eigenvalue weighted by atomic mass is 32.2. The smallest absolute Gasteiger partial charge is 0.303 e. The van der Waals surface area contributed by atoms with Gasteiger partial charge in [-0.05, 0) is 42.8 Å². The maximum atomic E-state index is 11.9. The van der Waals surface area contributed by atoms with Gasteiger partial charge in [0, 0.05) is 13.0 Å². The number of carboxylic acid groups (broad SMARTS) is 1. The fourth-order valence-electron chi connectivity index (χ4n) is 2.58. The van der Waals surface area contributed by atoms with Crippen LogP contribution in [-0.4, -0.2) is 34.5 Å². The van der Waals surface area contributed by atoms with E-state index in [1.807, 2.05) is 0 Å². The Morgan fingerprint density at radius 2 is 2.05 bits per heavy atom. The van der Waals surface area contributed by atoms with Crippen LogP contribution in [0.2, 0.25) is 0 Å². The molecular weight excluding hydrogens is 274 g/mol. The van der Waals surface area contributed by atoms with Crippen LogP contribution in [0.4, 0.5) is 0 Å². The lowest BCUT2D eigenvalue weighted by molar-refractivity contribution is -0.137. The monoisotopic (exact) mass is 301 g/mol. The normalized spacial score (nSPS) is 20.6. The Morgan fingerprint density at radius 3 is 2.55 bits per heavy atom. The molecule has 1 heterocycles. The number of nitrogens with one attached hydrogen (secondary N) is 1. The molecule has 0 radical (unpaired) electrons. The van der Waals surface area contributed by atoms with Gasteiger partial charge in [-0.2, -0.15) is 0 Å². The summed E-state index contributed by atoms with van der Waals surface area (Å²) in [6.45, 7) is 7.05. The van der Waals surface area contributed by atoms with Gasteiger partial charge in [0.05, 0.1) is 5.25 Å². The van der Waals surface area contributed by atoms with E-state index in [1.54, 1.807) is 11.8 Å². The Labute approximate surface area is 126 Å². The van der Waals surface area contributed by atoms with Crippen LogP contribution in [0.25, 0.3) is 0 Å². The lowest BCUT2D eigenvalue weighted by Crippen LogP contribution is -2.34. The summed E-state index contributed by atoms with van der Waals surface area (Å²) >= 11 is 1.74. The lowest BCUT2D eigenvalue weighted by Gasteiger charge is -2.30. The van der Waals surface area contributed by atoms with Gasteiger partial charge in [-0.15, -0.1) is 11.8 Å². The Balaban J connectivity index is 2.33. The maximum absolute atomic E-state index is 11.9. The number of amides is 1. The summed E-state index contributed by atoms with van der Waals surface area (Å²) in [6.07, 6.45) is 3.84. The second-order valence-electron chi connectivity index (χ2n) is 6.58. The maximum Gasteiger partial charge on any atom is 0.303 e. The highest BCUT2D eigenvalue weighted by molar-refractivity contribution is 8.00. The van der Waals surface area contributed by atoms with Crippen molar-refractivity contribution in [3.05, 3.63) is 0 Å². The Hall–Kier alpha value is -0.710. The first-order valence-corrected chi connectivity index (χ1v) is 8.46. The van der Waals surface area contributed by atoms with Gasteiger partial charge >= 0.3 is 5.97 Å². The molecule has 1 fully saturated rings. The summed E-state index contributed by atoms with van der Waals surface area (Å²) in [5.41, 5.74) is 0.0717. The molecule has 0 aromatic carbocycles. The van der Waals surface area contributed by atoms with Gasteiger partial charge in [0.1, 0.15) is 0 Å². The molecule has 0 aromatic rings. The zero-order chi connectivity index (χ0) is 15.2. The molecule has 2 atom stereocenters. The number of carboxylic acids is 1. The number of hydrogen-bond acceptors (Lipinski definition) is 3. The number of carbonyl (C=O) groups excluding carboxylic acids is 1. The van der Waals surface area contributed by atoms with Gasteiger partial charge in [-0.1, -0.05) is 20.8 Å². The van der Waals surface area contributed by atoms with Gasteiger partial charge in [0.15, 0.2) is 0 Å². The van der Waals surface area contributed by atoms with Crippen LogP contribution in [0, 0.1) is 11.3 Å². The van der Waals surface area contributed by atoms with Crippen LogP contribution >= 0.6 is 11.8 Å². The molecule has 20 heavy (non-hydrogen) atoms. The van der Waals surface area contributed by atoms with Crippen molar-refractivity contribution in [3.63, 3.8) is 0 Å². The highest BCUT2D eigenvalue weighted by Gasteiger charge is 2.26. The number of aliphatic carboxylic acids is 1. The molecule has 1 aliphatic rings. The van der Waals surface area contributed by atoms with Crippen LogP contribution in [0.5, 0.6) is 0 Å². The third-order valence-corrected chi connectivity index (χ3v) is 5.32. The zero-order valence-electron chi connectivity index (χ0n) is 12.8. The fraction of sp³-hybridized carbons (Fsp3) is 0.867. The first kappa shape index (κ1) is 17.3. The molecule has 2 N–H and O–H groups in total. The fourth-order valence-corrected chi connectivity index (χ4v) is 3.76. The third-order valence-electron chi connectivity index (χ3n) is 3.95. The minimum atomic E-state index is -0.745. The molecule has 1 aliphatic heterocycles. The summed E-state index contributed by atoms with van der Waals surface area (Å²) in [7, 11) is 0. The molecule has 116 valence electrons. The van der Waals surface area contributed by atoms with E-state index in [4.69, 9.17) is 5.11 Å². The van der Waals surface area contributed by atoms with Crippen LogP contribution in [0.15, 0.2) is 0 Å². The summed E-state index contributed by atoms with van der Waals surface area (Å²) in [4.78, 5) is 22.6.